The number of benzene rings is 1. The number of ether oxygens (including phenoxy) is 1. The summed E-state index contributed by atoms with van der Waals surface area (Å²) in [5.41, 5.74) is 9.07. The predicted octanol–water partition coefficient (Wildman–Crippen LogP) is 4.30. The summed E-state index contributed by atoms with van der Waals surface area (Å²) in [7, 11) is 0. The zero-order chi connectivity index (χ0) is 15.2. The molecule has 0 saturated heterocycles. The number of nitrogens with zero attached hydrogens (tertiary/aromatic N) is 1. The maximum Gasteiger partial charge on any atom is 0.238 e. The highest BCUT2D eigenvalue weighted by Gasteiger charge is 2.06. The molecule has 21 heavy (non-hydrogen) atoms. The third kappa shape index (κ3) is 4.97. The van der Waals surface area contributed by atoms with E-state index in [1.807, 2.05) is 12.1 Å². The number of hydrogen-bond acceptors (Lipinski definition) is 4. The van der Waals surface area contributed by atoms with Crippen molar-refractivity contribution < 1.29 is 4.74 Å². The quantitative estimate of drug-likeness (QED) is 0.808. The van der Waals surface area contributed by atoms with Crippen LogP contribution in [0.4, 0.5) is 5.69 Å². The molecule has 0 spiro atoms. The minimum absolute atomic E-state index is 0.454. The highest BCUT2D eigenvalue weighted by atomic mass is 32.2. The van der Waals surface area contributed by atoms with E-state index in [1.54, 1.807) is 11.8 Å². The number of rotatable bonds is 6. The van der Waals surface area contributed by atoms with Gasteiger partial charge in [-0.2, -0.15) is 0 Å². The molecule has 2 aromatic rings. The minimum Gasteiger partial charge on any atom is -0.476 e. The lowest BCUT2D eigenvalue weighted by atomic mass is 10.2. The fraction of sp³-hybridized carbons (Fsp3) is 0.353. The Morgan fingerprint density at radius 3 is 2.76 bits per heavy atom. The molecule has 0 fully saturated rings. The van der Waals surface area contributed by atoms with Crippen LogP contribution in [0.15, 0.2) is 41.4 Å². The Balaban J connectivity index is 2.01. The molecule has 2 N–H and O–H groups in total. The van der Waals surface area contributed by atoms with Crippen molar-refractivity contribution >= 4 is 17.4 Å². The van der Waals surface area contributed by atoms with Crippen LogP contribution in [0, 0.1) is 12.8 Å². The van der Waals surface area contributed by atoms with Gasteiger partial charge in [-0.3, -0.25) is 0 Å². The lowest BCUT2D eigenvalue weighted by Crippen LogP contribution is -2.07. The molecule has 2 rings (SSSR count). The zero-order valence-corrected chi connectivity index (χ0v) is 13.6. The summed E-state index contributed by atoms with van der Waals surface area (Å²) in [6, 6.07) is 12.3. The number of aromatic nitrogens is 1. The smallest absolute Gasteiger partial charge is 0.238 e. The minimum atomic E-state index is 0.454. The molecular weight excluding hydrogens is 280 g/mol. The van der Waals surface area contributed by atoms with Gasteiger partial charge < -0.3 is 10.5 Å². The highest BCUT2D eigenvalue weighted by molar-refractivity contribution is 7.98. The molecule has 1 aromatic heterocycles. The molecular formula is C17H22N2OS. The first-order chi connectivity index (χ1) is 10.0. The van der Waals surface area contributed by atoms with Crippen LogP contribution in [0.5, 0.6) is 5.88 Å². The van der Waals surface area contributed by atoms with E-state index in [0.29, 0.717) is 24.1 Å². The third-order valence-electron chi connectivity index (χ3n) is 2.89. The summed E-state index contributed by atoms with van der Waals surface area (Å²) in [5, 5.41) is 0.935. The molecule has 0 radical (unpaired) electrons. The third-order valence-corrected chi connectivity index (χ3v) is 3.89. The first-order valence-corrected chi connectivity index (χ1v) is 8.11. The molecule has 0 aliphatic carbocycles. The Morgan fingerprint density at radius 1 is 1.24 bits per heavy atom. The van der Waals surface area contributed by atoms with Crippen LogP contribution in [0.25, 0.3) is 0 Å². The van der Waals surface area contributed by atoms with Gasteiger partial charge in [-0.1, -0.05) is 43.7 Å². The number of thioether (sulfide) groups is 1. The van der Waals surface area contributed by atoms with Crippen molar-refractivity contribution in [2.75, 3.05) is 12.3 Å². The number of anilines is 1. The normalized spacial score (nSPS) is 10.9. The Morgan fingerprint density at radius 2 is 2.05 bits per heavy atom. The maximum atomic E-state index is 5.91. The summed E-state index contributed by atoms with van der Waals surface area (Å²) in [4.78, 5) is 4.50. The Bertz CT molecular complexity index is 599. The summed E-state index contributed by atoms with van der Waals surface area (Å²) in [6.45, 7) is 6.94. The number of nitrogen functional groups attached to an aromatic ring is 1. The van der Waals surface area contributed by atoms with Crippen LogP contribution in [0.1, 0.15) is 25.0 Å². The predicted molar refractivity (Wildman–Crippen MR) is 89.7 cm³/mol. The van der Waals surface area contributed by atoms with Crippen LogP contribution in [-0.4, -0.2) is 11.6 Å². The van der Waals surface area contributed by atoms with Gasteiger partial charge in [0.15, 0.2) is 0 Å². The van der Waals surface area contributed by atoms with E-state index in [-0.39, 0.29) is 0 Å². The van der Waals surface area contributed by atoms with Gasteiger partial charge in [-0.25, -0.2) is 4.98 Å². The van der Waals surface area contributed by atoms with Gasteiger partial charge in [0.05, 0.1) is 12.3 Å². The Labute approximate surface area is 130 Å². The number of aryl methyl sites for hydroxylation is 1. The fourth-order valence-corrected chi connectivity index (χ4v) is 2.64. The van der Waals surface area contributed by atoms with E-state index < -0.39 is 0 Å². The van der Waals surface area contributed by atoms with E-state index in [9.17, 15) is 0 Å². The van der Waals surface area contributed by atoms with Gasteiger partial charge in [0.1, 0.15) is 5.03 Å². The average Bonchev–Trinajstić information content (AvgIpc) is 2.45. The lowest BCUT2D eigenvalue weighted by Gasteiger charge is -2.11. The van der Waals surface area contributed by atoms with E-state index in [4.69, 9.17) is 10.5 Å². The largest absolute Gasteiger partial charge is 0.476 e. The van der Waals surface area contributed by atoms with Crippen molar-refractivity contribution in [3.05, 3.63) is 47.5 Å². The fourth-order valence-electron chi connectivity index (χ4n) is 1.84. The molecule has 0 unspecified atom stereocenters. The van der Waals surface area contributed by atoms with E-state index in [0.717, 1.165) is 10.8 Å². The number of nitrogens with two attached hydrogens (primary N) is 1. The van der Waals surface area contributed by atoms with Crippen LogP contribution in [-0.2, 0) is 5.75 Å². The van der Waals surface area contributed by atoms with E-state index in [1.165, 1.54) is 11.1 Å². The summed E-state index contributed by atoms with van der Waals surface area (Å²) in [6.07, 6.45) is 0. The molecule has 112 valence electrons. The SMILES string of the molecule is Cc1cccc(CSc2ccc(N)c(OCC(C)C)n2)c1. The topological polar surface area (TPSA) is 48.1 Å². The van der Waals surface area contributed by atoms with Crippen molar-refractivity contribution in [1.29, 1.82) is 0 Å². The maximum absolute atomic E-state index is 5.91. The van der Waals surface area contributed by atoms with Crippen LogP contribution in [0.3, 0.4) is 0 Å². The van der Waals surface area contributed by atoms with Gasteiger partial charge in [-0.15, -0.1) is 11.8 Å². The van der Waals surface area contributed by atoms with Crippen molar-refractivity contribution in [1.82, 2.24) is 4.98 Å². The number of hydrogen-bond donors (Lipinski definition) is 1. The van der Waals surface area contributed by atoms with Gasteiger partial charge >= 0.3 is 0 Å². The Kier molecular flexibility index (Phi) is 5.51. The van der Waals surface area contributed by atoms with Crippen molar-refractivity contribution in [3.8, 4) is 5.88 Å². The van der Waals surface area contributed by atoms with Crippen molar-refractivity contribution in [3.63, 3.8) is 0 Å². The second-order valence-corrected chi connectivity index (χ2v) is 6.52. The standard InChI is InChI=1S/C17H22N2OS/c1-12(2)10-20-17-15(18)7-8-16(19-17)21-11-14-6-4-5-13(3)9-14/h4-9,12H,10-11,18H2,1-3H3. The number of pyridine rings is 1. The zero-order valence-electron chi connectivity index (χ0n) is 12.8. The first kappa shape index (κ1) is 15.7. The second kappa shape index (κ2) is 7.36. The van der Waals surface area contributed by atoms with E-state index >= 15 is 0 Å². The van der Waals surface area contributed by atoms with Crippen molar-refractivity contribution in [2.24, 2.45) is 5.92 Å². The molecule has 3 nitrogen and oxygen atoms in total. The van der Waals surface area contributed by atoms with Gasteiger partial charge in [0.25, 0.3) is 0 Å². The second-order valence-electron chi connectivity index (χ2n) is 5.53. The molecule has 1 aromatic carbocycles. The van der Waals surface area contributed by atoms with Gasteiger partial charge in [0.2, 0.25) is 5.88 Å². The molecule has 4 heteroatoms. The summed E-state index contributed by atoms with van der Waals surface area (Å²) >= 11 is 1.69. The molecule has 0 saturated carbocycles. The summed E-state index contributed by atoms with van der Waals surface area (Å²) in [5.74, 6) is 1.88. The molecule has 0 bridgehead atoms. The van der Waals surface area contributed by atoms with Gasteiger partial charge in [-0.05, 0) is 30.5 Å². The molecule has 0 atom stereocenters. The highest BCUT2D eigenvalue weighted by Crippen LogP contribution is 2.27. The van der Waals surface area contributed by atoms with Crippen LogP contribution in [0.2, 0.25) is 0 Å². The first-order valence-electron chi connectivity index (χ1n) is 7.12. The summed E-state index contributed by atoms with van der Waals surface area (Å²) < 4.78 is 5.66. The Hall–Kier alpha value is -1.68. The lowest BCUT2D eigenvalue weighted by molar-refractivity contribution is 0.261. The monoisotopic (exact) mass is 302 g/mol. The van der Waals surface area contributed by atoms with Gasteiger partial charge in [0, 0.05) is 5.75 Å². The van der Waals surface area contributed by atoms with Crippen LogP contribution < -0.4 is 10.5 Å². The van der Waals surface area contributed by atoms with E-state index in [2.05, 4.69) is 50.0 Å². The van der Waals surface area contributed by atoms with Crippen molar-refractivity contribution in [2.45, 2.75) is 31.6 Å². The van der Waals surface area contributed by atoms with Crippen LogP contribution >= 0.6 is 11.8 Å². The molecule has 0 aliphatic heterocycles. The molecule has 0 amide bonds. The molecule has 1 heterocycles. The average molecular weight is 302 g/mol. The molecule has 0 aliphatic rings.